The van der Waals surface area contributed by atoms with Crippen molar-refractivity contribution < 1.29 is 9.53 Å². The standard InChI is InChI=1S/C12H26N2O2/c1-7-12(3,4)14(6)9-10(13-5)11(15)16-8-2/h10,13H,7-9H2,1-6H3. The zero-order valence-corrected chi connectivity index (χ0v) is 11.5. The summed E-state index contributed by atoms with van der Waals surface area (Å²) in [6.45, 7) is 9.41. The van der Waals surface area contributed by atoms with E-state index in [0.29, 0.717) is 13.2 Å². The second-order valence-corrected chi connectivity index (χ2v) is 4.64. The Morgan fingerprint density at radius 3 is 2.38 bits per heavy atom. The van der Waals surface area contributed by atoms with Crippen molar-refractivity contribution in [1.29, 1.82) is 0 Å². The second kappa shape index (κ2) is 6.86. The van der Waals surface area contributed by atoms with E-state index < -0.39 is 0 Å². The molecule has 1 atom stereocenters. The van der Waals surface area contributed by atoms with Crippen LogP contribution < -0.4 is 5.32 Å². The minimum absolute atomic E-state index is 0.0988. The summed E-state index contributed by atoms with van der Waals surface area (Å²) in [4.78, 5) is 13.8. The van der Waals surface area contributed by atoms with Crippen molar-refractivity contribution in [3.8, 4) is 0 Å². The van der Waals surface area contributed by atoms with E-state index in [1.165, 1.54) is 0 Å². The summed E-state index contributed by atoms with van der Waals surface area (Å²) >= 11 is 0. The van der Waals surface area contributed by atoms with Crippen LogP contribution in [0.4, 0.5) is 0 Å². The highest BCUT2D eigenvalue weighted by Gasteiger charge is 2.26. The molecule has 0 saturated carbocycles. The monoisotopic (exact) mass is 230 g/mol. The molecule has 0 rings (SSSR count). The van der Waals surface area contributed by atoms with E-state index in [1.54, 1.807) is 7.05 Å². The van der Waals surface area contributed by atoms with Crippen LogP contribution in [0, 0.1) is 0 Å². The first-order chi connectivity index (χ1) is 7.38. The van der Waals surface area contributed by atoms with Gasteiger partial charge in [-0.25, -0.2) is 0 Å². The van der Waals surface area contributed by atoms with Gasteiger partial charge in [-0.1, -0.05) is 6.92 Å². The minimum atomic E-state index is -0.254. The van der Waals surface area contributed by atoms with Crippen LogP contribution in [0.2, 0.25) is 0 Å². The molecule has 0 aliphatic carbocycles. The molecular formula is C12H26N2O2. The van der Waals surface area contributed by atoms with Gasteiger partial charge in [0.1, 0.15) is 6.04 Å². The fourth-order valence-electron chi connectivity index (χ4n) is 1.32. The minimum Gasteiger partial charge on any atom is -0.465 e. The number of hydrogen-bond donors (Lipinski definition) is 1. The Balaban J connectivity index is 4.37. The molecule has 0 bridgehead atoms. The van der Waals surface area contributed by atoms with Gasteiger partial charge >= 0.3 is 5.97 Å². The van der Waals surface area contributed by atoms with Crippen LogP contribution in [0.5, 0.6) is 0 Å². The zero-order valence-electron chi connectivity index (χ0n) is 11.5. The lowest BCUT2D eigenvalue weighted by Gasteiger charge is -2.36. The van der Waals surface area contributed by atoms with E-state index in [0.717, 1.165) is 6.42 Å². The van der Waals surface area contributed by atoms with E-state index >= 15 is 0 Å². The average molecular weight is 230 g/mol. The predicted molar refractivity (Wildman–Crippen MR) is 66.5 cm³/mol. The second-order valence-electron chi connectivity index (χ2n) is 4.64. The fourth-order valence-corrected chi connectivity index (χ4v) is 1.32. The third-order valence-electron chi connectivity index (χ3n) is 3.27. The van der Waals surface area contributed by atoms with Crippen LogP contribution >= 0.6 is 0 Å². The number of rotatable bonds is 7. The zero-order chi connectivity index (χ0) is 12.8. The topological polar surface area (TPSA) is 41.6 Å². The maximum atomic E-state index is 11.6. The molecule has 0 aliphatic rings. The molecule has 4 heteroatoms. The molecule has 0 spiro atoms. The van der Waals surface area contributed by atoms with Gasteiger partial charge in [0, 0.05) is 12.1 Å². The Kier molecular flexibility index (Phi) is 6.60. The van der Waals surface area contributed by atoms with Gasteiger partial charge in [-0.2, -0.15) is 0 Å². The first-order valence-corrected chi connectivity index (χ1v) is 5.94. The molecule has 16 heavy (non-hydrogen) atoms. The van der Waals surface area contributed by atoms with Crippen LogP contribution in [0.25, 0.3) is 0 Å². The van der Waals surface area contributed by atoms with Crippen molar-refractivity contribution in [2.24, 2.45) is 0 Å². The summed E-state index contributed by atoms with van der Waals surface area (Å²) in [6, 6.07) is -0.254. The molecule has 0 radical (unpaired) electrons. The Hall–Kier alpha value is -0.610. The maximum Gasteiger partial charge on any atom is 0.324 e. The summed E-state index contributed by atoms with van der Waals surface area (Å²) in [5.74, 6) is -0.177. The van der Waals surface area contributed by atoms with Gasteiger partial charge in [0.05, 0.1) is 6.61 Å². The first-order valence-electron chi connectivity index (χ1n) is 5.94. The van der Waals surface area contributed by atoms with Gasteiger partial charge in [-0.15, -0.1) is 0 Å². The number of ether oxygens (including phenoxy) is 1. The third kappa shape index (κ3) is 4.49. The normalized spacial score (nSPS) is 13.9. The van der Waals surface area contributed by atoms with Crippen LogP contribution in [-0.2, 0) is 9.53 Å². The Morgan fingerprint density at radius 2 is 2.00 bits per heavy atom. The Labute approximate surface area is 99.3 Å². The molecule has 0 aliphatic heterocycles. The highest BCUT2D eigenvalue weighted by Crippen LogP contribution is 2.16. The maximum absolute atomic E-state index is 11.6. The number of nitrogens with one attached hydrogen (secondary N) is 1. The van der Waals surface area contributed by atoms with Crippen LogP contribution in [0.1, 0.15) is 34.1 Å². The lowest BCUT2D eigenvalue weighted by Crippen LogP contribution is -2.50. The first kappa shape index (κ1) is 15.4. The number of nitrogens with zero attached hydrogens (tertiary/aromatic N) is 1. The highest BCUT2D eigenvalue weighted by molar-refractivity contribution is 5.76. The van der Waals surface area contributed by atoms with Crippen molar-refractivity contribution in [2.45, 2.75) is 45.7 Å². The van der Waals surface area contributed by atoms with Crippen molar-refractivity contribution in [1.82, 2.24) is 10.2 Å². The molecule has 0 amide bonds. The van der Waals surface area contributed by atoms with E-state index in [-0.39, 0.29) is 17.6 Å². The predicted octanol–water partition coefficient (Wildman–Crippen LogP) is 1.26. The van der Waals surface area contributed by atoms with Crippen LogP contribution in [0.3, 0.4) is 0 Å². The molecule has 1 unspecified atom stereocenters. The van der Waals surface area contributed by atoms with E-state index in [2.05, 4.69) is 31.0 Å². The van der Waals surface area contributed by atoms with Gasteiger partial charge in [-0.05, 0) is 41.3 Å². The number of hydrogen-bond acceptors (Lipinski definition) is 4. The Morgan fingerprint density at radius 1 is 1.44 bits per heavy atom. The molecular weight excluding hydrogens is 204 g/mol. The van der Waals surface area contributed by atoms with Crippen molar-refractivity contribution in [3.05, 3.63) is 0 Å². The SMILES string of the molecule is CCOC(=O)C(CN(C)C(C)(C)CC)NC. The van der Waals surface area contributed by atoms with Gasteiger partial charge in [-0.3, -0.25) is 9.69 Å². The highest BCUT2D eigenvalue weighted by atomic mass is 16.5. The van der Waals surface area contributed by atoms with Crippen molar-refractivity contribution in [3.63, 3.8) is 0 Å². The average Bonchev–Trinajstić information content (AvgIpc) is 2.25. The van der Waals surface area contributed by atoms with Crippen LogP contribution in [-0.4, -0.2) is 49.7 Å². The largest absolute Gasteiger partial charge is 0.465 e. The number of esters is 1. The van der Waals surface area contributed by atoms with Gasteiger partial charge < -0.3 is 10.1 Å². The van der Waals surface area contributed by atoms with Crippen LogP contribution in [0.15, 0.2) is 0 Å². The summed E-state index contributed by atoms with van der Waals surface area (Å²) in [5.41, 5.74) is 0.0988. The van der Waals surface area contributed by atoms with E-state index in [9.17, 15) is 4.79 Å². The van der Waals surface area contributed by atoms with Crippen molar-refractivity contribution >= 4 is 5.97 Å². The van der Waals surface area contributed by atoms with Gasteiger partial charge in [0.25, 0.3) is 0 Å². The molecule has 0 aromatic rings. The lowest BCUT2D eigenvalue weighted by atomic mass is 9.99. The molecule has 0 heterocycles. The number of carbonyl (C=O) groups excluding carboxylic acids is 1. The van der Waals surface area contributed by atoms with Gasteiger partial charge in [0.2, 0.25) is 0 Å². The molecule has 0 aromatic heterocycles. The fraction of sp³-hybridized carbons (Fsp3) is 0.917. The third-order valence-corrected chi connectivity index (χ3v) is 3.27. The van der Waals surface area contributed by atoms with E-state index in [1.807, 2.05) is 14.0 Å². The molecule has 1 N–H and O–H groups in total. The van der Waals surface area contributed by atoms with Gasteiger partial charge in [0.15, 0.2) is 0 Å². The summed E-state index contributed by atoms with van der Waals surface area (Å²) < 4.78 is 5.01. The number of carbonyl (C=O) groups is 1. The molecule has 0 saturated heterocycles. The van der Waals surface area contributed by atoms with E-state index in [4.69, 9.17) is 4.74 Å². The summed E-state index contributed by atoms with van der Waals surface area (Å²) in [7, 11) is 3.82. The quantitative estimate of drug-likeness (QED) is 0.669. The summed E-state index contributed by atoms with van der Waals surface area (Å²) in [6.07, 6.45) is 1.04. The Bertz CT molecular complexity index is 217. The lowest BCUT2D eigenvalue weighted by molar-refractivity contribution is -0.146. The smallest absolute Gasteiger partial charge is 0.324 e. The molecule has 0 aromatic carbocycles. The summed E-state index contributed by atoms with van der Waals surface area (Å²) in [5, 5.41) is 3.00. The van der Waals surface area contributed by atoms with Crippen molar-refractivity contribution in [2.75, 3.05) is 27.2 Å². The number of likely N-dealkylation sites (N-methyl/N-ethyl adjacent to an activating group) is 2. The molecule has 96 valence electrons. The molecule has 0 fully saturated rings. The molecule has 4 nitrogen and oxygen atoms in total.